The van der Waals surface area contributed by atoms with Crippen LogP contribution in [0, 0.1) is 46.3 Å². The summed E-state index contributed by atoms with van der Waals surface area (Å²) in [5.41, 5.74) is 6.53. The number of nitrogens with one attached hydrogen (secondary N) is 2. The van der Waals surface area contributed by atoms with Gasteiger partial charge in [0.05, 0.1) is 5.71 Å². The lowest BCUT2D eigenvalue weighted by Crippen LogP contribution is -2.54. The number of nitrogens with zero attached hydrogens (tertiary/aromatic N) is 1. The summed E-state index contributed by atoms with van der Waals surface area (Å²) in [6.07, 6.45) is 23.6. The molecule has 2 N–H and O–H groups in total. The van der Waals surface area contributed by atoms with E-state index < -0.39 is 0 Å². The van der Waals surface area contributed by atoms with Crippen molar-refractivity contribution in [2.24, 2.45) is 51.4 Å². The second-order valence-corrected chi connectivity index (χ2v) is 16.9. The highest BCUT2D eigenvalue weighted by Crippen LogP contribution is 2.67. The Morgan fingerprint density at radius 2 is 1.70 bits per heavy atom. The highest BCUT2D eigenvalue weighted by atomic mass is 32.1. The van der Waals surface area contributed by atoms with Crippen LogP contribution < -0.4 is 10.7 Å². The molecule has 5 rings (SSSR count). The fourth-order valence-corrected chi connectivity index (χ4v) is 11.0. The van der Waals surface area contributed by atoms with Gasteiger partial charge in [-0.25, -0.2) is 0 Å². The normalized spacial score (nSPS) is 37.6. The minimum absolute atomic E-state index is 0.0175. The number of hydrogen-bond donors (Lipinski definition) is 2. The SMILES string of the molecule is CC(=O)O[C@H]1CC[C@@]2(C)C(=C/C(=N/NC(=S)NC3CCCCCCC3)[C@H]3[C@@H]4CC[C@H]([C@H](C)CCCC(C)C)[C@@]4(C)CC[C@@H]32)C1. The zero-order chi connectivity index (χ0) is 31.5. The first kappa shape index (κ1) is 33.9. The Kier molecular flexibility index (Phi) is 11.2. The van der Waals surface area contributed by atoms with Crippen LogP contribution in [0.3, 0.4) is 0 Å². The largest absolute Gasteiger partial charge is 0.462 e. The Labute approximate surface area is 274 Å². The molecule has 8 atom stereocenters. The predicted octanol–water partition coefficient (Wildman–Crippen LogP) is 9.50. The summed E-state index contributed by atoms with van der Waals surface area (Å²) in [7, 11) is 0. The number of allylic oxidation sites excluding steroid dienone is 1. The lowest BCUT2D eigenvalue weighted by molar-refractivity contribution is -0.148. The third kappa shape index (κ3) is 7.41. The molecule has 0 unspecified atom stereocenters. The van der Waals surface area contributed by atoms with Gasteiger partial charge in [-0.3, -0.25) is 10.2 Å². The minimum Gasteiger partial charge on any atom is -0.462 e. The van der Waals surface area contributed by atoms with Crippen LogP contribution in [0.25, 0.3) is 0 Å². The highest BCUT2D eigenvalue weighted by Gasteiger charge is 2.61. The highest BCUT2D eigenvalue weighted by molar-refractivity contribution is 7.80. The van der Waals surface area contributed by atoms with Gasteiger partial charge >= 0.3 is 5.97 Å². The van der Waals surface area contributed by atoms with E-state index >= 15 is 0 Å². The average molecular weight is 626 g/mol. The molecule has 0 aromatic carbocycles. The minimum atomic E-state index is -0.165. The lowest BCUT2D eigenvalue weighted by atomic mass is 9.46. The predicted molar refractivity (Wildman–Crippen MR) is 186 cm³/mol. The molecule has 0 bridgehead atoms. The molecule has 0 aromatic rings. The van der Waals surface area contributed by atoms with Gasteiger partial charge in [0.15, 0.2) is 5.11 Å². The molecule has 5 aliphatic carbocycles. The van der Waals surface area contributed by atoms with E-state index in [2.05, 4.69) is 51.4 Å². The van der Waals surface area contributed by atoms with E-state index in [4.69, 9.17) is 22.1 Å². The van der Waals surface area contributed by atoms with E-state index in [9.17, 15) is 4.79 Å². The maximum Gasteiger partial charge on any atom is 0.302 e. The molecule has 0 heterocycles. The number of carbonyl (C=O) groups is 1. The molecule has 44 heavy (non-hydrogen) atoms. The van der Waals surface area contributed by atoms with Crippen LogP contribution in [-0.4, -0.2) is 28.9 Å². The smallest absolute Gasteiger partial charge is 0.302 e. The number of carbonyl (C=O) groups excluding carboxylic acids is 1. The van der Waals surface area contributed by atoms with Crippen molar-refractivity contribution in [2.45, 2.75) is 163 Å². The Morgan fingerprint density at radius 1 is 0.977 bits per heavy atom. The topological polar surface area (TPSA) is 62.7 Å². The summed E-state index contributed by atoms with van der Waals surface area (Å²) in [5, 5.41) is 9.50. The molecule has 0 saturated heterocycles. The lowest BCUT2D eigenvalue weighted by Gasteiger charge is -2.58. The van der Waals surface area contributed by atoms with Gasteiger partial charge in [0.2, 0.25) is 0 Å². The van der Waals surface area contributed by atoms with E-state index in [0.717, 1.165) is 37.0 Å². The molecule has 5 aliphatic rings. The van der Waals surface area contributed by atoms with Gasteiger partial charge in [0, 0.05) is 25.3 Å². The van der Waals surface area contributed by atoms with Crippen LogP contribution in [0.2, 0.25) is 0 Å². The number of rotatable bonds is 8. The monoisotopic (exact) mass is 625 g/mol. The number of hydrazone groups is 1. The van der Waals surface area contributed by atoms with Crippen LogP contribution in [0.1, 0.15) is 151 Å². The van der Waals surface area contributed by atoms with Crippen LogP contribution >= 0.6 is 12.2 Å². The number of thiocarbonyl (C=S) groups is 1. The fourth-order valence-electron chi connectivity index (χ4n) is 10.8. The second kappa shape index (κ2) is 14.6. The van der Waals surface area contributed by atoms with Crippen LogP contribution in [-0.2, 0) is 9.53 Å². The van der Waals surface area contributed by atoms with Crippen LogP contribution in [0.15, 0.2) is 16.8 Å². The Morgan fingerprint density at radius 3 is 2.41 bits per heavy atom. The van der Waals surface area contributed by atoms with Gasteiger partial charge in [-0.05, 0) is 110 Å². The van der Waals surface area contributed by atoms with Gasteiger partial charge in [-0.15, -0.1) is 0 Å². The first-order chi connectivity index (χ1) is 21.0. The van der Waals surface area contributed by atoms with E-state index in [0.29, 0.717) is 34.3 Å². The molecule has 0 aliphatic heterocycles. The van der Waals surface area contributed by atoms with Gasteiger partial charge in [0.1, 0.15) is 6.10 Å². The van der Waals surface area contributed by atoms with Crippen molar-refractivity contribution < 1.29 is 9.53 Å². The summed E-state index contributed by atoms with van der Waals surface area (Å²) in [4.78, 5) is 11.9. The van der Waals surface area contributed by atoms with Crippen molar-refractivity contribution in [1.82, 2.24) is 10.7 Å². The van der Waals surface area contributed by atoms with Crippen molar-refractivity contribution in [3.63, 3.8) is 0 Å². The van der Waals surface area contributed by atoms with E-state index in [-0.39, 0.29) is 17.5 Å². The van der Waals surface area contributed by atoms with Crippen molar-refractivity contribution in [2.75, 3.05) is 0 Å². The maximum atomic E-state index is 11.9. The number of esters is 1. The van der Waals surface area contributed by atoms with E-state index in [1.54, 1.807) is 6.92 Å². The summed E-state index contributed by atoms with van der Waals surface area (Å²) >= 11 is 5.85. The van der Waals surface area contributed by atoms with Crippen molar-refractivity contribution in [3.8, 4) is 0 Å². The van der Waals surface area contributed by atoms with Gasteiger partial charge in [-0.1, -0.05) is 91.6 Å². The third-order valence-corrected chi connectivity index (χ3v) is 13.4. The first-order valence-electron chi connectivity index (χ1n) is 18.5. The first-order valence-corrected chi connectivity index (χ1v) is 18.9. The van der Waals surface area contributed by atoms with Crippen LogP contribution in [0.5, 0.6) is 0 Å². The molecule has 4 fully saturated rings. The molecule has 248 valence electrons. The summed E-state index contributed by atoms with van der Waals surface area (Å²) in [6, 6.07) is 0.449. The fraction of sp³-hybridized carbons (Fsp3) is 0.868. The molecule has 5 nitrogen and oxygen atoms in total. The van der Waals surface area contributed by atoms with E-state index in [1.807, 2.05) is 0 Å². The van der Waals surface area contributed by atoms with E-state index in [1.165, 1.54) is 101 Å². The van der Waals surface area contributed by atoms with Crippen LogP contribution in [0.4, 0.5) is 0 Å². The zero-order valence-corrected chi connectivity index (χ0v) is 29.7. The Balaban J connectivity index is 1.39. The van der Waals surface area contributed by atoms with Crippen molar-refractivity contribution in [1.29, 1.82) is 0 Å². The van der Waals surface area contributed by atoms with Gasteiger partial charge < -0.3 is 10.1 Å². The summed E-state index contributed by atoms with van der Waals surface area (Å²) in [5.74, 6) is 3.91. The molecule has 6 heteroatoms. The number of hydrogen-bond acceptors (Lipinski definition) is 4. The van der Waals surface area contributed by atoms with Gasteiger partial charge in [-0.2, -0.15) is 5.10 Å². The maximum absolute atomic E-state index is 11.9. The number of fused-ring (bicyclic) bond motifs is 5. The average Bonchev–Trinajstić information content (AvgIpc) is 3.30. The molecule has 0 radical (unpaired) electrons. The second-order valence-electron chi connectivity index (χ2n) is 16.5. The van der Waals surface area contributed by atoms with Crippen molar-refractivity contribution in [3.05, 3.63) is 11.6 Å². The number of ether oxygens (including phenoxy) is 1. The Hall–Kier alpha value is -1.43. The third-order valence-electron chi connectivity index (χ3n) is 13.2. The van der Waals surface area contributed by atoms with Crippen molar-refractivity contribution >= 4 is 29.0 Å². The summed E-state index contributed by atoms with van der Waals surface area (Å²) < 4.78 is 5.76. The zero-order valence-electron chi connectivity index (χ0n) is 28.9. The Bertz CT molecular complexity index is 1080. The standard InChI is InChI=1S/C38H63N3O2S/c1-25(2)13-12-14-26(3)31-17-18-32-35-33(20-22-38(31,32)6)37(5)21-19-30(43-27(4)42)23-28(37)24-34(35)40-41-36(44)39-29-15-10-8-7-9-11-16-29/h24-26,29-33,35H,7-23H2,1-6H3,(H2,39,41,44)/b40-34-/t26-,30+,31-,32+,33+,35+,37+,38-/m1/s1. The molecule has 0 amide bonds. The molecule has 4 saturated carbocycles. The molecular formula is C38H63N3O2S. The molecule has 0 aromatic heterocycles. The molecule has 0 spiro atoms. The van der Waals surface area contributed by atoms with Gasteiger partial charge in [0.25, 0.3) is 0 Å². The summed E-state index contributed by atoms with van der Waals surface area (Å²) in [6.45, 7) is 14.0. The molecular weight excluding hydrogens is 563 g/mol. The quantitative estimate of drug-likeness (QED) is 0.160.